The summed E-state index contributed by atoms with van der Waals surface area (Å²) < 4.78 is 0. The summed E-state index contributed by atoms with van der Waals surface area (Å²) in [5.74, 6) is 0.857. The Bertz CT molecular complexity index is 408. The highest BCUT2D eigenvalue weighted by molar-refractivity contribution is 5.28. The van der Waals surface area contributed by atoms with Crippen LogP contribution in [0.3, 0.4) is 0 Å². The number of rotatable bonds is 1. The van der Waals surface area contributed by atoms with Crippen LogP contribution in [0, 0.1) is 0 Å². The molecule has 0 spiro atoms. The van der Waals surface area contributed by atoms with E-state index in [-0.39, 0.29) is 0 Å². The minimum atomic E-state index is 0.857. The summed E-state index contributed by atoms with van der Waals surface area (Å²) in [6.07, 6.45) is 3.58. The van der Waals surface area contributed by atoms with Crippen LogP contribution in [0.15, 0.2) is 18.5 Å². The highest BCUT2D eigenvalue weighted by Gasteiger charge is 2.15. The SMILES string of the molecule is C=O.C=O.CN1CCN(C)CC1.CN1CCN(c2ncccn2)CC1. The number of carbonyl (C=O) groups is 2. The van der Waals surface area contributed by atoms with Gasteiger partial charge < -0.3 is 29.2 Å². The summed E-state index contributed by atoms with van der Waals surface area (Å²) in [5.41, 5.74) is 0. The smallest absolute Gasteiger partial charge is 0.225 e. The van der Waals surface area contributed by atoms with Crippen LogP contribution in [-0.2, 0) is 9.59 Å². The summed E-state index contributed by atoms with van der Waals surface area (Å²) in [4.78, 5) is 33.7. The maximum Gasteiger partial charge on any atom is 0.225 e. The normalized spacial score (nSPS) is 18.6. The van der Waals surface area contributed by atoms with E-state index in [4.69, 9.17) is 9.59 Å². The second kappa shape index (κ2) is 14.4. The number of hydrogen-bond donors (Lipinski definition) is 0. The van der Waals surface area contributed by atoms with E-state index in [1.807, 2.05) is 19.6 Å². The Morgan fingerprint density at radius 2 is 1.00 bits per heavy atom. The Balaban J connectivity index is 0.000000414. The lowest BCUT2D eigenvalue weighted by Crippen LogP contribution is -2.45. The standard InChI is InChI=1S/C9H14N4.C6H14N2.2CH2O/c1-12-5-7-13(8-6-12)9-10-3-2-4-11-9;1-7-3-5-8(2)6-4-7;2*1-2/h2-4H,5-8H2,1H3;3-6H2,1-2H3;2*1H2. The van der Waals surface area contributed by atoms with Gasteiger partial charge in [-0.2, -0.15) is 0 Å². The molecule has 0 radical (unpaired) electrons. The number of piperazine rings is 2. The number of nitrogens with zero attached hydrogens (tertiary/aromatic N) is 6. The molecule has 142 valence electrons. The van der Waals surface area contributed by atoms with E-state index < -0.39 is 0 Å². The van der Waals surface area contributed by atoms with Gasteiger partial charge in [0.05, 0.1) is 0 Å². The molecule has 1 aromatic rings. The van der Waals surface area contributed by atoms with Crippen molar-refractivity contribution in [2.75, 3.05) is 78.4 Å². The monoisotopic (exact) mass is 352 g/mol. The van der Waals surface area contributed by atoms with Gasteiger partial charge in [-0.25, -0.2) is 9.97 Å². The van der Waals surface area contributed by atoms with Gasteiger partial charge in [0.1, 0.15) is 13.6 Å². The summed E-state index contributed by atoms with van der Waals surface area (Å²) in [6.45, 7) is 13.2. The molecule has 0 aliphatic carbocycles. The maximum atomic E-state index is 8.00. The van der Waals surface area contributed by atoms with E-state index in [0.29, 0.717) is 0 Å². The van der Waals surface area contributed by atoms with Gasteiger partial charge in [-0.1, -0.05) is 0 Å². The molecule has 8 heteroatoms. The minimum Gasteiger partial charge on any atom is -0.338 e. The van der Waals surface area contributed by atoms with E-state index in [0.717, 1.165) is 32.1 Å². The van der Waals surface area contributed by atoms with Crippen molar-refractivity contribution in [3.05, 3.63) is 18.5 Å². The lowest BCUT2D eigenvalue weighted by molar-refractivity contribution is -0.0987. The molecular formula is C17H32N6O2. The molecule has 0 bridgehead atoms. The molecule has 8 nitrogen and oxygen atoms in total. The van der Waals surface area contributed by atoms with E-state index in [9.17, 15) is 0 Å². The predicted molar refractivity (Wildman–Crippen MR) is 101 cm³/mol. The zero-order chi connectivity index (χ0) is 19.1. The van der Waals surface area contributed by atoms with Crippen LogP contribution in [0.5, 0.6) is 0 Å². The summed E-state index contributed by atoms with van der Waals surface area (Å²) in [6, 6.07) is 1.85. The third kappa shape index (κ3) is 9.85. The van der Waals surface area contributed by atoms with E-state index in [2.05, 4.69) is 50.7 Å². The Labute approximate surface area is 151 Å². The summed E-state index contributed by atoms with van der Waals surface area (Å²) in [5, 5.41) is 0. The van der Waals surface area contributed by atoms with Crippen LogP contribution in [0.25, 0.3) is 0 Å². The zero-order valence-electron chi connectivity index (χ0n) is 15.8. The second-order valence-corrected chi connectivity index (χ2v) is 5.95. The lowest BCUT2D eigenvalue weighted by Gasteiger charge is -2.32. The van der Waals surface area contributed by atoms with Crippen molar-refractivity contribution in [3.8, 4) is 0 Å². The number of hydrogen-bond acceptors (Lipinski definition) is 8. The molecule has 0 unspecified atom stereocenters. The van der Waals surface area contributed by atoms with Crippen molar-refractivity contribution in [3.63, 3.8) is 0 Å². The van der Waals surface area contributed by atoms with Crippen molar-refractivity contribution in [1.29, 1.82) is 0 Å². The van der Waals surface area contributed by atoms with Crippen LogP contribution < -0.4 is 4.90 Å². The lowest BCUT2D eigenvalue weighted by atomic mass is 10.3. The number of anilines is 1. The Kier molecular flexibility index (Phi) is 13.3. The van der Waals surface area contributed by atoms with Crippen molar-refractivity contribution in [1.82, 2.24) is 24.7 Å². The van der Waals surface area contributed by atoms with Gasteiger partial charge in [0.15, 0.2) is 0 Å². The van der Waals surface area contributed by atoms with Crippen LogP contribution in [0.4, 0.5) is 5.95 Å². The maximum absolute atomic E-state index is 8.00. The fraction of sp³-hybridized carbons (Fsp3) is 0.647. The second-order valence-electron chi connectivity index (χ2n) is 5.95. The van der Waals surface area contributed by atoms with Gasteiger partial charge in [0.25, 0.3) is 0 Å². The third-order valence-corrected chi connectivity index (χ3v) is 4.07. The van der Waals surface area contributed by atoms with Crippen molar-refractivity contribution < 1.29 is 9.59 Å². The Morgan fingerprint density at radius 1 is 0.680 bits per heavy atom. The molecule has 25 heavy (non-hydrogen) atoms. The molecule has 1 aromatic heterocycles. The van der Waals surface area contributed by atoms with E-state index in [1.54, 1.807) is 12.4 Å². The van der Waals surface area contributed by atoms with Crippen LogP contribution in [-0.4, -0.2) is 112 Å². The molecule has 3 heterocycles. The molecular weight excluding hydrogens is 320 g/mol. The Morgan fingerprint density at radius 3 is 1.36 bits per heavy atom. The summed E-state index contributed by atoms with van der Waals surface area (Å²) in [7, 11) is 6.49. The number of likely N-dealkylation sites (N-methyl/N-ethyl adjacent to an activating group) is 3. The van der Waals surface area contributed by atoms with Gasteiger partial charge in [0, 0.05) is 64.8 Å². The summed E-state index contributed by atoms with van der Waals surface area (Å²) >= 11 is 0. The van der Waals surface area contributed by atoms with Crippen molar-refractivity contribution in [2.45, 2.75) is 0 Å². The van der Waals surface area contributed by atoms with Gasteiger partial charge in [0.2, 0.25) is 5.95 Å². The molecule has 2 aliphatic heterocycles. The predicted octanol–water partition coefficient (Wildman–Crippen LogP) is -0.278. The van der Waals surface area contributed by atoms with Gasteiger partial charge in [-0.05, 0) is 27.2 Å². The van der Waals surface area contributed by atoms with Crippen LogP contribution in [0.1, 0.15) is 0 Å². The molecule has 3 rings (SSSR count). The van der Waals surface area contributed by atoms with Crippen LogP contribution in [0.2, 0.25) is 0 Å². The van der Waals surface area contributed by atoms with Gasteiger partial charge >= 0.3 is 0 Å². The first-order valence-electron chi connectivity index (χ1n) is 8.30. The van der Waals surface area contributed by atoms with E-state index in [1.165, 1.54) is 26.2 Å². The topological polar surface area (TPSA) is 72.9 Å². The highest BCUT2D eigenvalue weighted by Crippen LogP contribution is 2.07. The average molecular weight is 352 g/mol. The molecule has 0 saturated carbocycles. The molecule has 0 amide bonds. The average Bonchev–Trinajstić information content (AvgIpc) is 2.69. The molecule has 2 saturated heterocycles. The van der Waals surface area contributed by atoms with E-state index >= 15 is 0 Å². The first-order chi connectivity index (χ1) is 12.1. The first-order valence-corrected chi connectivity index (χ1v) is 8.30. The first kappa shape index (κ1) is 23.1. The number of carbonyl (C=O) groups excluding carboxylic acids is 2. The van der Waals surface area contributed by atoms with Crippen molar-refractivity contribution >= 4 is 19.5 Å². The van der Waals surface area contributed by atoms with Gasteiger partial charge in [-0.3, -0.25) is 0 Å². The molecule has 0 aromatic carbocycles. The molecule has 0 atom stereocenters. The zero-order valence-corrected chi connectivity index (χ0v) is 15.8. The minimum absolute atomic E-state index is 0.857. The largest absolute Gasteiger partial charge is 0.338 e. The quantitative estimate of drug-likeness (QED) is 0.683. The van der Waals surface area contributed by atoms with Crippen molar-refractivity contribution in [2.24, 2.45) is 0 Å². The highest BCUT2D eigenvalue weighted by atomic mass is 16.1. The third-order valence-electron chi connectivity index (χ3n) is 4.07. The van der Waals surface area contributed by atoms with Gasteiger partial charge in [-0.15, -0.1) is 0 Å². The fourth-order valence-corrected chi connectivity index (χ4v) is 2.37. The fourth-order valence-electron chi connectivity index (χ4n) is 2.37. The molecule has 0 N–H and O–H groups in total. The molecule has 2 fully saturated rings. The van der Waals surface area contributed by atoms with Crippen LogP contribution >= 0.6 is 0 Å². The Hall–Kier alpha value is -1.90. The molecule has 2 aliphatic rings. The number of aromatic nitrogens is 2.